The Morgan fingerprint density at radius 3 is 2.32 bits per heavy atom. The molecular formula is C20H23N3O4S. The average Bonchev–Trinajstić information content (AvgIpc) is 3.22. The zero-order valence-corrected chi connectivity index (χ0v) is 17.0. The van der Waals surface area contributed by atoms with Crippen LogP contribution in [-0.2, 0) is 10.0 Å². The van der Waals surface area contributed by atoms with Gasteiger partial charge in [-0.25, -0.2) is 18.1 Å². The van der Waals surface area contributed by atoms with Gasteiger partial charge in [-0.2, -0.15) is 0 Å². The lowest BCUT2D eigenvalue weighted by atomic mass is 10.1. The maximum atomic E-state index is 13.0. The first-order valence-corrected chi connectivity index (χ1v) is 10.2. The topological polar surface area (TPSA) is 82.5 Å². The van der Waals surface area contributed by atoms with Crippen LogP contribution in [0.25, 0.3) is 5.69 Å². The molecule has 0 saturated carbocycles. The smallest absolute Gasteiger partial charge is 0.244 e. The van der Waals surface area contributed by atoms with Crippen LogP contribution in [0, 0.1) is 6.92 Å². The number of ether oxygens (including phenoxy) is 2. The Morgan fingerprint density at radius 1 is 1.07 bits per heavy atom. The molecule has 1 heterocycles. The van der Waals surface area contributed by atoms with Crippen molar-refractivity contribution in [2.75, 3.05) is 14.2 Å². The SMILES string of the molecule is COc1cc(S(=O)(=O)N[C@H](C)c2ccc(-n3ccnc3)cc2)c(OC)cc1C. The Bertz CT molecular complexity index is 1050. The quantitative estimate of drug-likeness (QED) is 0.657. The molecule has 0 spiro atoms. The Labute approximate surface area is 165 Å². The molecule has 2 aromatic carbocycles. The second-order valence-corrected chi connectivity index (χ2v) is 8.06. The summed E-state index contributed by atoms with van der Waals surface area (Å²) < 4.78 is 41.1. The number of rotatable bonds is 7. The molecule has 28 heavy (non-hydrogen) atoms. The minimum absolute atomic E-state index is 0.0411. The molecule has 0 fully saturated rings. The highest BCUT2D eigenvalue weighted by Gasteiger charge is 2.24. The predicted molar refractivity (Wildman–Crippen MR) is 107 cm³/mol. The van der Waals surface area contributed by atoms with E-state index in [4.69, 9.17) is 9.47 Å². The Kier molecular flexibility index (Phi) is 5.71. The van der Waals surface area contributed by atoms with E-state index in [9.17, 15) is 8.42 Å². The zero-order chi connectivity index (χ0) is 20.3. The van der Waals surface area contributed by atoms with Crippen molar-refractivity contribution >= 4 is 10.0 Å². The number of aryl methyl sites for hydroxylation is 1. The number of aromatic nitrogens is 2. The van der Waals surface area contributed by atoms with E-state index < -0.39 is 16.1 Å². The van der Waals surface area contributed by atoms with Gasteiger partial charge in [-0.15, -0.1) is 0 Å². The van der Waals surface area contributed by atoms with Gasteiger partial charge in [0.15, 0.2) is 0 Å². The Balaban J connectivity index is 1.86. The third kappa shape index (κ3) is 4.02. The highest BCUT2D eigenvalue weighted by atomic mass is 32.2. The summed E-state index contributed by atoms with van der Waals surface area (Å²) in [6.07, 6.45) is 5.25. The van der Waals surface area contributed by atoms with Crippen molar-refractivity contribution in [3.05, 3.63) is 66.2 Å². The first kappa shape index (κ1) is 19.9. The molecular weight excluding hydrogens is 378 g/mol. The van der Waals surface area contributed by atoms with Gasteiger partial charge in [0.05, 0.1) is 20.5 Å². The monoisotopic (exact) mass is 401 g/mol. The van der Waals surface area contributed by atoms with E-state index in [1.807, 2.05) is 42.0 Å². The van der Waals surface area contributed by atoms with Crippen LogP contribution in [0.15, 0.2) is 60.0 Å². The fourth-order valence-corrected chi connectivity index (χ4v) is 4.34. The molecule has 7 nitrogen and oxygen atoms in total. The molecule has 148 valence electrons. The lowest BCUT2D eigenvalue weighted by Gasteiger charge is -2.18. The van der Waals surface area contributed by atoms with E-state index in [1.54, 1.807) is 25.5 Å². The second kappa shape index (κ2) is 8.04. The van der Waals surface area contributed by atoms with Crippen LogP contribution >= 0.6 is 0 Å². The van der Waals surface area contributed by atoms with Gasteiger partial charge in [0.25, 0.3) is 0 Å². The van der Waals surface area contributed by atoms with Crippen LogP contribution in [-0.4, -0.2) is 32.2 Å². The second-order valence-electron chi connectivity index (χ2n) is 6.38. The van der Waals surface area contributed by atoms with Gasteiger partial charge in [-0.3, -0.25) is 0 Å². The molecule has 0 aliphatic heterocycles. The van der Waals surface area contributed by atoms with Crippen LogP contribution in [0.1, 0.15) is 24.1 Å². The molecule has 0 radical (unpaired) electrons. The molecule has 1 N–H and O–H groups in total. The van der Waals surface area contributed by atoms with Crippen LogP contribution in [0.4, 0.5) is 0 Å². The number of nitrogens with one attached hydrogen (secondary N) is 1. The van der Waals surface area contributed by atoms with E-state index in [1.165, 1.54) is 20.3 Å². The minimum atomic E-state index is -3.82. The molecule has 8 heteroatoms. The Morgan fingerprint density at radius 2 is 1.75 bits per heavy atom. The van der Waals surface area contributed by atoms with E-state index in [2.05, 4.69) is 9.71 Å². The fourth-order valence-electron chi connectivity index (χ4n) is 2.94. The summed E-state index contributed by atoms with van der Waals surface area (Å²) >= 11 is 0. The van der Waals surface area contributed by atoms with Gasteiger partial charge in [-0.05, 0) is 43.2 Å². The lowest BCUT2D eigenvalue weighted by Crippen LogP contribution is -2.27. The van der Waals surface area contributed by atoms with Gasteiger partial charge in [0.1, 0.15) is 16.4 Å². The third-order valence-electron chi connectivity index (χ3n) is 4.50. The zero-order valence-electron chi connectivity index (χ0n) is 16.2. The van der Waals surface area contributed by atoms with Gasteiger partial charge in [-0.1, -0.05) is 12.1 Å². The first-order chi connectivity index (χ1) is 13.4. The fraction of sp³-hybridized carbons (Fsp3) is 0.250. The number of imidazole rings is 1. The summed E-state index contributed by atoms with van der Waals surface area (Å²) in [5.74, 6) is 0.756. The van der Waals surface area contributed by atoms with Crippen molar-refractivity contribution in [3.8, 4) is 17.2 Å². The summed E-state index contributed by atoms with van der Waals surface area (Å²) in [6.45, 7) is 3.62. The summed E-state index contributed by atoms with van der Waals surface area (Å²) in [5, 5.41) is 0. The lowest BCUT2D eigenvalue weighted by molar-refractivity contribution is 0.389. The van der Waals surface area contributed by atoms with E-state index in [0.717, 1.165) is 16.8 Å². The third-order valence-corrected chi connectivity index (χ3v) is 6.06. The summed E-state index contributed by atoms with van der Waals surface area (Å²) in [7, 11) is -0.877. The molecule has 0 saturated heterocycles. The van der Waals surface area contributed by atoms with Crippen molar-refractivity contribution in [3.63, 3.8) is 0 Å². The number of methoxy groups -OCH3 is 2. The van der Waals surface area contributed by atoms with Crippen molar-refractivity contribution in [1.82, 2.24) is 14.3 Å². The molecule has 3 rings (SSSR count). The maximum Gasteiger partial charge on any atom is 0.244 e. The van der Waals surface area contributed by atoms with Gasteiger partial charge in [0.2, 0.25) is 10.0 Å². The van der Waals surface area contributed by atoms with Crippen LogP contribution in [0.3, 0.4) is 0 Å². The van der Waals surface area contributed by atoms with E-state index >= 15 is 0 Å². The van der Waals surface area contributed by atoms with Crippen LogP contribution in [0.5, 0.6) is 11.5 Å². The molecule has 0 aliphatic rings. The summed E-state index contributed by atoms with van der Waals surface area (Å²) in [5.41, 5.74) is 2.58. The first-order valence-electron chi connectivity index (χ1n) is 8.69. The van der Waals surface area contributed by atoms with Crippen molar-refractivity contribution in [2.24, 2.45) is 0 Å². The number of hydrogen-bond donors (Lipinski definition) is 1. The number of nitrogens with zero attached hydrogens (tertiary/aromatic N) is 2. The predicted octanol–water partition coefficient (Wildman–Crippen LogP) is 3.24. The van der Waals surface area contributed by atoms with E-state index in [-0.39, 0.29) is 10.6 Å². The molecule has 1 aromatic heterocycles. The molecule has 0 amide bonds. The largest absolute Gasteiger partial charge is 0.496 e. The molecule has 0 bridgehead atoms. The highest BCUT2D eigenvalue weighted by Crippen LogP contribution is 2.32. The molecule has 3 aromatic rings. The summed E-state index contributed by atoms with van der Waals surface area (Å²) in [6, 6.07) is 10.3. The molecule has 0 aliphatic carbocycles. The van der Waals surface area contributed by atoms with Crippen LogP contribution in [0.2, 0.25) is 0 Å². The highest BCUT2D eigenvalue weighted by molar-refractivity contribution is 7.89. The number of hydrogen-bond acceptors (Lipinski definition) is 5. The number of sulfonamides is 1. The number of benzene rings is 2. The van der Waals surface area contributed by atoms with Gasteiger partial charge in [0, 0.05) is 30.2 Å². The average molecular weight is 401 g/mol. The summed E-state index contributed by atoms with van der Waals surface area (Å²) in [4.78, 5) is 4.06. The molecule has 1 atom stereocenters. The standard InChI is InChI=1S/C20H23N3O4S/c1-14-11-19(27-4)20(12-18(14)26-3)28(24,25)22-15(2)16-5-7-17(8-6-16)23-10-9-21-13-23/h5-13,15,22H,1-4H3/t15-/m1/s1. The molecule has 0 unspecified atom stereocenters. The van der Waals surface area contributed by atoms with Crippen molar-refractivity contribution in [1.29, 1.82) is 0 Å². The maximum absolute atomic E-state index is 13.0. The van der Waals surface area contributed by atoms with E-state index in [0.29, 0.717) is 5.75 Å². The minimum Gasteiger partial charge on any atom is -0.496 e. The normalized spacial score (nSPS) is 12.6. The van der Waals surface area contributed by atoms with Crippen molar-refractivity contribution < 1.29 is 17.9 Å². The van der Waals surface area contributed by atoms with Crippen LogP contribution < -0.4 is 14.2 Å². The van der Waals surface area contributed by atoms with Gasteiger partial charge >= 0.3 is 0 Å². The Hall–Kier alpha value is -2.84. The van der Waals surface area contributed by atoms with Gasteiger partial charge < -0.3 is 14.0 Å². The van der Waals surface area contributed by atoms with Crippen molar-refractivity contribution in [2.45, 2.75) is 24.8 Å².